The third-order valence-corrected chi connectivity index (χ3v) is 7.35. The minimum Gasteiger partial charge on any atom is -0.349 e. The predicted octanol–water partition coefficient (Wildman–Crippen LogP) is 3.42. The second-order valence-corrected chi connectivity index (χ2v) is 11.2. The number of pyridine rings is 1. The number of amides is 3. The highest BCUT2D eigenvalue weighted by molar-refractivity contribution is 6.00. The highest BCUT2D eigenvalue weighted by Gasteiger charge is 2.52. The number of halogens is 5. The largest absolute Gasteiger partial charge is 0.471 e. The van der Waals surface area contributed by atoms with Gasteiger partial charge >= 0.3 is 12.1 Å². The van der Waals surface area contributed by atoms with Crippen LogP contribution in [-0.2, 0) is 9.59 Å². The zero-order valence-corrected chi connectivity index (χ0v) is 21.2. The van der Waals surface area contributed by atoms with Gasteiger partial charge in [0, 0.05) is 38.2 Å². The van der Waals surface area contributed by atoms with Crippen LogP contribution in [-0.4, -0.2) is 69.3 Å². The summed E-state index contributed by atoms with van der Waals surface area (Å²) in [5.74, 6) is -7.10. The highest BCUT2D eigenvalue weighted by atomic mass is 19.4. The van der Waals surface area contributed by atoms with Crippen molar-refractivity contribution in [3.05, 3.63) is 36.4 Å². The second-order valence-electron chi connectivity index (χ2n) is 11.2. The van der Waals surface area contributed by atoms with Crippen molar-refractivity contribution >= 4 is 23.2 Å². The number of likely N-dealkylation sites (tertiary alicyclic amines) is 1. The van der Waals surface area contributed by atoms with Crippen LogP contribution in [0.2, 0.25) is 0 Å². The number of imidazole rings is 1. The van der Waals surface area contributed by atoms with Gasteiger partial charge in [0.05, 0.1) is 23.6 Å². The number of aromatic nitrogens is 2. The smallest absolute Gasteiger partial charge is 0.349 e. The Morgan fingerprint density at radius 2 is 1.84 bits per heavy atom. The monoisotopic (exact) mass is 543 g/mol. The Balaban J connectivity index is 1.56. The Labute approximate surface area is 215 Å². The van der Waals surface area contributed by atoms with Crippen molar-refractivity contribution in [3.63, 3.8) is 0 Å². The maximum Gasteiger partial charge on any atom is 0.471 e. The van der Waals surface area contributed by atoms with Crippen LogP contribution in [0.5, 0.6) is 0 Å². The van der Waals surface area contributed by atoms with E-state index < -0.39 is 53.2 Å². The number of hydrogen-bond acceptors (Lipinski definition) is 4. The Morgan fingerprint density at radius 3 is 2.45 bits per heavy atom. The lowest BCUT2D eigenvalue weighted by atomic mass is 9.68. The molecule has 38 heavy (non-hydrogen) atoms. The van der Waals surface area contributed by atoms with Crippen molar-refractivity contribution in [2.24, 2.45) is 17.3 Å². The van der Waals surface area contributed by atoms with Crippen molar-refractivity contribution < 1.29 is 36.3 Å². The molecule has 1 aliphatic heterocycles. The van der Waals surface area contributed by atoms with Crippen molar-refractivity contribution in [1.82, 2.24) is 24.9 Å². The molecule has 1 aliphatic carbocycles. The van der Waals surface area contributed by atoms with Gasteiger partial charge in [-0.25, -0.2) is 13.8 Å². The number of nitrogens with zero attached hydrogens (tertiary/aromatic N) is 3. The zero-order valence-electron chi connectivity index (χ0n) is 21.2. The molecule has 208 valence electrons. The molecule has 0 radical (unpaired) electrons. The Bertz CT molecular complexity index is 1210. The van der Waals surface area contributed by atoms with Gasteiger partial charge in [-0.1, -0.05) is 20.8 Å². The molecule has 2 unspecified atom stereocenters. The third-order valence-electron chi connectivity index (χ3n) is 7.35. The average molecular weight is 544 g/mol. The Hall–Kier alpha value is -3.25. The van der Waals surface area contributed by atoms with Gasteiger partial charge < -0.3 is 19.9 Å². The van der Waals surface area contributed by atoms with E-state index in [0.717, 1.165) is 0 Å². The van der Waals surface area contributed by atoms with Gasteiger partial charge in [0.15, 0.2) is 0 Å². The molecule has 0 aromatic carbocycles. The number of carbonyl (C=O) groups excluding carboxylic acids is 3. The molecule has 2 fully saturated rings. The standard InChI is InChI=1S/C25H30F5N5O3/c1-23(2,3)19(33-22(38)25(28,29)30)20(36)32-17-12-34(8-6-15(17)14-9-24(26,27)10-14)21(37)16-5-4-7-35-13-31-11-18(16)35/h4-5,7,11,13-15,17,19H,6,8-10,12H2,1-3H3,(H,32,36)(H,33,38)/t15?,17?,19-/m1/s1. The molecule has 0 spiro atoms. The summed E-state index contributed by atoms with van der Waals surface area (Å²) in [5, 5.41) is 4.46. The quantitative estimate of drug-likeness (QED) is 0.565. The van der Waals surface area contributed by atoms with Gasteiger partial charge in [-0.05, 0) is 35.8 Å². The van der Waals surface area contributed by atoms with E-state index in [1.165, 1.54) is 31.9 Å². The van der Waals surface area contributed by atoms with Crippen molar-refractivity contribution in [2.75, 3.05) is 13.1 Å². The lowest BCUT2D eigenvalue weighted by Gasteiger charge is -2.48. The molecule has 3 atom stereocenters. The second kappa shape index (κ2) is 9.81. The van der Waals surface area contributed by atoms with Crippen LogP contribution >= 0.6 is 0 Å². The van der Waals surface area contributed by atoms with Crippen molar-refractivity contribution in [3.8, 4) is 0 Å². The maximum atomic E-state index is 13.7. The Morgan fingerprint density at radius 1 is 1.16 bits per heavy atom. The molecular formula is C25H30F5N5O3. The first-order valence-corrected chi connectivity index (χ1v) is 12.3. The predicted molar refractivity (Wildman–Crippen MR) is 126 cm³/mol. The average Bonchev–Trinajstić information content (AvgIpc) is 3.28. The highest BCUT2D eigenvalue weighted by Crippen LogP contribution is 2.48. The van der Waals surface area contributed by atoms with Crippen molar-refractivity contribution in [1.29, 1.82) is 0 Å². The fraction of sp³-hybridized carbons (Fsp3) is 0.600. The van der Waals surface area contributed by atoms with E-state index in [1.54, 1.807) is 34.4 Å². The summed E-state index contributed by atoms with van der Waals surface area (Å²) in [4.78, 5) is 43.9. The molecule has 2 aromatic rings. The number of alkyl halides is 5. The summed E-state index contributed by atoms with van der Waals surface area (Å²) in [6.07, 6.45) is -0.775. The van der Waals surface area contributed by atoms with Crippen LogP contribution in [0.3, 0.4) is 0 Å². The summed E-state index contributed by atoms with van der Waals surface area (Å²) >= 11 is 0. The van der Waals surface area contributed by atoms with E-state index >= 15 is 0 Å². The molecular weight excluding hydrogens is 513 g/mol. The summed E-state index contributed by atoms with van der Waals surface area (Å²) in [5.41, 5.74) is -0.151. The van der Waals surface area contributed by atoms with Crippen LogP contribution in [0, 0.1) is 17.3 Å². The van der Waals surface area contributed by atoms with Gasteiger partial charge in [0.25, 0.3) is 5.91 Å². The first-order chi connectivity index (χ1) is 17.6. The lowest BCUT2D eigenvalue weighted by molar-refractivity contribution is -0.175. The van der Waals surface area contributed by atoms with Gasteiger partial charge in [0.1, 0.15) is 6.04 Å². The number of fused-ring (bicyclic) bond motifs is 1. The first kappa shape index (κ1) is 27.8. The minimum atomic E-state index is -5.19. The van der Waals surface area contributed by atoms with E-state index in [1.807, 2.05) is 0 Å². The van der Waals surface area contributed by atoms with E-state index in [4.69, 9.17) is 0 Å². The number of rotatable bonds is 5. The molecule has 2 N–H and O–H groups in total. The van der Waals surface area contributed by atoms with E-state index in [2.05, 4.69) is 10.3 Å². The Kier molecular flexibility index (Phi) is 7.17. The number of carbonyl (C=O) groups is 3. The molecule has 13 heteroatoms. The maximum absolute atomic E-state index is 13.7. The van der Waals surface area contributed by atoms with E-state index in [-0.39, 0.29) is 31.8 Å². The number of nitrogens with one attached hydrogen (secondary N) is 2. The first-order valence-electron chi connectivity index (χ1n) is 12.3. The molecule has 4 rings (SSSR count). The molecule has 2 aromatic heterocycles. The molecule has 3 amide bonds. The SMILES string of the molecule is CC(C)(C)[C@H](NC(=O)C(F)(F)F)C(=O)NC1CN(C(=O)c2cccn3cncc23)CCC1C1CC(F)(F)C1. The molecule has 3 heterocycles. The van der Waals surface area contributed by atoms with Crippen LogP contribution < -0.4 is 10.6 Å². The number of piperidine rings is 1. The molecule has 2 aliphatic rings. The van der Waals surface area contributed by atoms with Gasteiger partial charge in [0.2, 0.25) is 11.8 Å². The summed E-state index contributed by atoms with van der Waals surface area (Å²) < 4.78 is 67.9. The van der Waals surface area contributed by atoms with Crippen molar-refractivity contribution in [2.45, 2.75) is 64.2 Å². The van der Waals surface area contributed by atoms with Crippen LogP contribution in [0.1, 0.15) is 50.4 Å². The van der Waals surface area contributed by atoms with Crippen LogP contribution in [0.4, 0.5) is 22.0 Å². The van der Waals surface area contributed by atoms with Gasteiger partial charge in [-0.15, -0.1) is 0 Å². The topological polar surface area (TPSA) is 95.8 Å². The minimum absolute atomic E-state index is 0.0173. The third kappa shape index (κ3) is 5.75. The number of hydrogen-bond donors (Lipinski definition) is 2. The summed E-state index contributed by atoms with van der Waals surface area (Å²) in [6, 6.07) is 0.973. The fourth-order valence-electron chi connectivity index (χ4n) is 5.34. The zero-order chi connectivity index (χ0) is 28.0. The van der Waals surface area contributed by atoms with Gasteiger partial charge in [-0.3, -0.25) is 14.4 Å². The summed E-state index contributed by atoms with van der Waals surface area (Å²) in [6.45, 7) is 4.75. The molecule has 1 saturated heterocycles. The lowest BCUT2D eigenvalue weighted by Crippen LogP contribution is -2.63. The van der Waals surface area contributed by atoms with Crippen LogP contribution in [0.25, 0.3) is 5.52 Å². The molecule has 1 saturated carbocycles. The van der Waals surface area contributed by atoms with E-state index in [9.17, 15) is 36.3 Å². The fourth-order valence-corrected chi connectivity index (χ4v) is 5.34. The molecule has 0 bridgehead atoms. The van der Waals surface area contributed by atoms with Crippen LogP contribution in [0.15, 0.2) is 30.9 Å². The summed E-state index contributed by atoms with van der Waals surface area (Å²) in [7, 11) is 0. The normalized spacial score (nSPS) is 23.0. The van der Waals surface area contributed by atoms with Gasteiger partial charge in [-0.2, -0.15) is 13.2 Å². The van der Waals surface area contributed by atoms with E-state index in [0.29, 0.717) is 17.5 Å². The molecule has 8 nitrogen and oxygen atoms in total.